The van der Waals surface area contributed by atoms with Crippen molar-refractivity contribution in [2.45, 2.75) is 24.7 Å². The van der Waals surface area contributed by atoms with Crippen LogP contribution in [0.3, 0.4) is 0 Å². The molecule has 39 heavy (non-hydrogen) atoms. The number of benzene rings is 1. The number of carbonyl (C=O) groups is 1. The van der Waals surface area contributed by atoms with Crippen molar-refractivity contribution < 1.29 is 36.2 Å². The molecule has 2 aromatic heterocycles. The molecule has 4 rings (SSSR count). The van der Waals surface area contributed by atoms with Gasteiger partial charge in [-0.3, -0.25) is 9.48 Å². The summed E-state index contributed by atoms with van der Waals surface area (Å²) in [5, 5.41) is 4.29. The van der Waals surface area contributed by atoms with Crippen LogP contribution in [0.15, 0.2) is 24.9 Å². The molecule has 0 radical (unpaired) electrons. The topological polar surface area (TPSA) is 122 Å². The number of halogens is 5. The molecule has 0 spiro atoms. The lowest BCUT2D eigenvalue weighted by atomic mass is 10.0. The Kier molecular flexibility index (Phi) is 7.38. The Hall–Kier alpha value is -4.38. The van der Waals surface area contributed by atoms with Gasteiger partial charge >= 0.3 is 6.18 Å². The maximum Gasteiger partial charge on any atom is 0.407 e. The van der Waals surface area contributed by atoms with Crippen molar-refractivity contribution in [3.05, 3.63) is 53.4 Å². The molecule has 1 unspecified atom stereocenters. The quantitative estimate of drug-likeness (QED) is 0.284. The number of pyridine rings is 1. The fourth-order valence-corrected chi connectivity index (χ4v) is 4.36. The SMILES string of the molecule is C=CC(=O)N1CC[C@H](n2nc(C#Cc3c(F)c(OC)cc(OC)c3F)c3c(N)ncc(C(N)C(F)(F)F)c32)C1. The Morgan fingerprint density at radius 1 is 1.23 bits per heavy atom. The summed E-state index contributed by atoms with van der Waals surface area (Å²) in [5.74, 6) is 1.34. The second kappa shape index (κ2) is 10.4. The van der Waals surface area contributed by atoms with E-state index in [2.05, 4.69) is 28.5 Å². The third kappa shape index (κ3) is 4.92. The maximum atomic E-state index is 14.9. The van der Waals surface area contributed by atoms with Crippen molar-refractivity contribution >= 4 is 22.6 Å². The smallest absolute Gasteiger partial charge is 0.407 e. The predicted molar refractivity (Wildman–Crippen MR) is 131 cm³/mol. The average molecular weight is 550 g/mol. The highest BCUT2D eigenvalue weighted by atomic mass is 19.4. The number of methoxy groups -OCH3 is 2. The zero-order valence-electron chi connectivity index (χ0n) is 20.8. The van der Waals surface area contributed by atoms with Gasteiger partial charge in [-0.1, -0.05) is 12.5 Å². The van der Waals surface area contributed by atoms with Gasteiger partial charge in [-0.15, -0.1) is 0 Å². The molecule has 1 aliphatic rings. The van der Waals surface area contributed by atoms with E-state index in [1.54, 1.807) is 0 Å². The first-order chi connectivity index (χ1) is 18.4. The molecule has 1 fully saturated rings. The second-order valence-corrected chi connectivity index (χ2v) is 8.60. The maximum absolute atomic E-state index is 14.9. The number of amides is 1. The van der Waals surface area contributed by atoms with Gasteiger partial charge < -0.3 is 25.8 Å². The Bertz CT molecular complexity index is 1500. The molecule has 0 saturated carbocycles. The molecule has 1 aliphatic heterocycles. The lowest BCUT2D eigenvalue weighted by Crippen LogP contribution is -2.30. The Labute approximate surface area is 219 Å². The van der Waals surface area contributed by atoms with Gasteiger partial charge in [0.05, 0.1) is 31.2 Å². The number of alkyl halides is 3. The zero-order valence-corrected chi connectivity index (χ0v) is 20.8. The van der Waals surface area contributed by atoms with Crippen molar-refractivity contribution in [2.75, 3.05) is 33.0 Å². The van der Waals surface area contributed by atoms with Crippen molar-refractivity contribution in [3.8, 4) is 23.3 Å². The number of anilines is 1. The molecule has 206 valence electrons. The molecule has 1 saturated heterocycles. The van der Waals surface area contributed by atoms with Crippen LogP contribution in [0.5, 0.6) is 11.5 Å². The third-order valence-electron chi connectivity index (χ3n) is 6.35. The largest absolute Gasteiger partial charge is 0.493 e. The number of hydrogen-bond donors (Lipinski definition) is 2. The summed E-state index contributed by atoms with van der Waals surface area (Å²) in [6.45, 7) is 3.84. The number of hydrogen-bond acceptors (Lipinski definition) is 7. The van der Waals surface area contributed by atoms with E-state index < -0.39 is 41.0 Å². The molecule has 2 atom stereocenters. The normalized spacial score (nSPS) is 16.1. The number of nitrogens with two attached hydrogens (primary N) is 2. The Morgan fingerprint density at radius 2 is 1.87 bits per heavy atom. The monoisotopic (exact) mass is 550 g/mol. The lowest BCUT2D eigenvalue weighted by Gasteiger charge is -2.20. The first-order valence-electron chi connectivity index (χ1n) is 11.4. The molecular weight excluding hydrogens is 527 g/mol. The highest BCUT2D eigenvalue weighted by Crippen LogP contribution is 2.38. The van der Waals surface area contributed by atoms with Gasteiger partial charge in [0.1, 0.15) is 23.1 Å². The highest BCUT2D eigenvalue weighted by Gasteiger charge is 2.41. The van der Waals surface area contributed by atoms with Crippen LogP contribution < -0.4 is 20.9 Å². The van der Waals surface area contributed by atoms with Gasteiger partial charge in [0.15, 0.2) is 23.1 Å². The minimum absolute atomic E-state index is 0.0797. The summed E-state index contributed by atoms with van der Waals surface area (Å²) in [6.07, 6.45) is -2.48. The van der Waals surface area contributed by atoms with Crippen molar-refractivity contribution in [1.82, 2.24) is 19.7 Å². The van der Waals surface area contributed by atoms with Gasteiger partial charge in [0, 0.05) is 30.9 Å². The second-order valence-electron chi connectivity index (χ2n) is 8.60. The summed E-state index contributed by atoms with van der Waals surface area (Å²) in [4.78, 5) is 17.4. The summed E-state index contributed by atoms with van der Waals surface area (Å²) in [7, 11) is 2.34. The molecule has 1 aromatic carbocycles. The molecule has 9 nitrogen and oxygen atoms in total. The summed E-state index contributed by atoms with van der Waals surface area (Å²) in [5.41, 5.74) is 10.1. The van der Waals surface area contributed by atoms with Crippen LogP contribution in [0.1, 0.15) is 35.3 Å². The number of fused-ring (bicyclic) bond motifs is 1. The van der Waals surface area contributed by atoms with Crippen molar-refractivity contribution in [3.63, 3.8) is 0 Å². The van der Waals surface area contributed by atoms with Gasteiger partial charge in [-0.25, -0.2) is 13.8 Å². The van der Waals surface area contributed by atoms with Gasteiger partial charge in [-0.05, 0) is 18.4 Å². The fourth-order valence-electron chi connectivity index (χ4n) is 4.36. The minimum Gasteiger partial charge on any atom is -0.493 e. The van der Waals surface area contributed by atoms with E-state index in [-0.39, 0.29) is 46.4 Å². The molecule has 3 heterocycles. The minimum atomic E-state index is -4.84. The van der Waals surface area contributed by atoms with E-state index in [9.17, 15) is 26.7 Å². The van der Waals surface area contributed by atoms with E-state index in [0.29, 0.717) is 13.0 Å². The van der Waals surface area contributed by atoms with Gasteiger partial charge in [0.25, 0.3) is 0 Å². The highest BCUT2D eigenvalue weighted by molar-refractivity contribution is 5.95. The van der Waals surface area contributed by atoms with Gasteiger partial charge in [0.2, 0.25) is 5.91 Å². The Morgan fingerprint density at radius 3 is 2.44 bits per heavy atom. The molecule has 0 bridgehead atoms. The van der Waals surface area contributed by atoms with Crippen LogP contribution in [-0.4, -0.2) is 59.1 Å². The number of likely N-dealkylation sites (tertiary alicyclic amines) is 1. The number of ether oxygens (including phenoxy) is 2. The number of carbonyl (C=O) groups excluding carboxylic acids is 1. The van der Waals surface area contributed by atoms with E-state index in [4.69, 9.17) is 20.9 Å². The third-order valence-corrected chi connectivity index (χ3v) is 6.35. The lowest BCUT2D eigenvalue weighted by molar-refractivity contribution is -0.149. The molecule has 3 aromatic rings. The fraction of sp³-hybridized carbons (Fsp3) is 0.320. The van der Waals surface area contributed by atoms with Crippen molar-refractivity contribution in [1.29, 1.82) is 0 Å². The van der Waals surface area contributed by atoms with E-state index in [1.165, 1.54) is 23.8 Å². The first kappa shape index (κ1) is 27.6. The van der Waals surface area contributed by atoms with Crippen molar-refractivity contribution in [2.24, 2.45) is 5.73 Å². The summed E-state index contributed by atoms with van der Waals surface area (Å²) < 4.78 is 81.9. The zero-order chi connectivity index (χ0) is 28.6. The van der Waals surface area contributed by atoms with Crippen LogP contribution in [0, 0.1) is 23.5 Å². The summed E-state index contributed by atoms with van der Waals surface area (Å²) in [6, 6.07) is -2.03. The van der Waals surface area contributed by atoms with E-state index in [1.807, 2.05) is 0 Å². The molecule has 0 aliphatic carbocycles. The number of aromatic nitrogens is 3. The Balaban J connectivity index is 1.96. The van der Waals surface area contributed by atoms with Crippen LogP contribution in [0.25, 0.3) is 10.9 Å². The number of nitrogen functional groups attached to an aromatic ring is 1. The first-order valence-corrected chi connectivity index (χ1v) is 11.4. The average Bonchev–Trinajstić information content (AvgIpc) is 3.54. The van der Waals surface area contributed by atoms with Crippen LogP contribution >= 0.6 is 0 Å². The molecule has 14 heteroatoms. The van der Waals surface area contributed by atoms with Crippen LogP contribution in [0.4, 0.5) is 27.8 Å². The molecule has 1 amide bonds. The van der Waals surface area contributed by atoms with Crippen LogP contribution in [-0.2, 0) is 4.79 Å². The van der Waals surface area contributed by atoms with Crippen LogP contribution in [0.2, 0.25) is 0 Å². The van der Waals surface area contributed by atoms with E-state index >= 15 is 0 Å². The van der Waals surface area contributed by atoms with Gasteiger partial charge in [-0.2, -0.15) is 18.3 Å². The predicted octanol–water partition coefficient (Wildman–Crippen LogP) is 3.23. The molecule has 4 N–H and O–H groups in total. The molecular formula is C25H23F5N6O3. The summed E-state index contributed by atoms with van der Waals surface area (Å²) >= 11 is 0. The number of nitrogens with zero attached hydrogens (tertiary/aromatic N) is 4. The standard InChI is InChI=1S/C25H23F5N6O3/c1-4-18(37)35-8-7-12(11-35)36-22-14(23(31)25(28,29)30)10-33-24(32)19(22)15(34-36)6-5-13-20(26)16(38-2)9-17(39-3)21(13)27/h4,9-10,12,23H,1,7-8,11,31H2,2-3H3,(H2,32,33)/t12-,23?/m0/s1. The van der Waals surface area contributed by atoms with E-state index in [0.717, 1.165) is 18.3 Å². The number of rotatable bonds is 5.